The molecule has 0 aromatic rings. The Morgan fingerprint density at radius 2 is 1.41 bits per heavy atom. The van der Waals surface area contributed by atoms with Crippen molar-refractivity contribution in [3.05, 3.63) is 12.2 Å². The van der Waals surface area contributed by atoms with Crippen LogP contribution in [0.4, 0.5) is 0 Å². The number of phosphoric acid groups is 1. The van der Waals surface area contributed by atoms with Gasteiger partial charge in [0.1, 0.15) is 12.7 Å². The van der Waals surface area contributed by atoms with E-state index in [0.717, 1.165) is 44.9 Å². The molecule has 218 valence electrons. The molecule has 0 aliphatic heterocycles. The number of hydrogen-bond donors (Lipinski definition) is 3. The minimum atomic E-state index is -4.58. The molecule has 0 aliphatic carbocycles. The lowest BCUT2D eigenvalue weighted by Crippen LogP contribution is -2.29. The van der Waals surface area contributed by atoms with Crippen molar-refractivity contribution in [3.63, 3.8) is 0 Å². The second-order valence-electron chi connectivity index (χ2n) is 9.04. The Kier molecular flexibility index (Phi) is 23.0. The highest BCUT2D eigenvalue weighted by molar-refractivity contribution is 7.47. The topological polar surface area (TPSA) is 149 Å². The van der Waals surface area contributed by atoms with Crippen LogP contribution in [0.1, 0.15) is 104 Å². The van der Waals surface area contributed by atoms with Crippen molar-refractivity contribution >= 4 is 19.8 Å². The Morgan fingerprint density at radius 1 is 0.811 bits per heavy atom. The second-order valence-corrected chi connectivity index (χ2v) is 10.5. The molecule has 10 nitrogen and oxygen atoms in total. The first-order valence-corrected chi connectivity index (χ1v) is 15.1. The van der Waals surface area contributed by atoms with Crippen molar-refractivity contribution in [2.75, 3.05) is 26.4 Å². The number of rotatable bonds is 25. The van der Waals surface area contributed by atoms with E-state index in [1.165, 1.54) is 19.3 Å². The molecule has 0 fully saturated rings. The smallest absolute Gasteiger partial charge is 0.462 e. The maximum Gasteiger partial charge on any atom is 0.472 e. The summed E-state index contributed by atoms with van der Waals surface area (Å²) >= 11 is 0. The van der Waals surface area contributed by atoms with Gasteiger partial charge in [-0.25, -0.2) is 4.57 Å². The standard InChI is InChI=1S/C26H49O10P/c1-3-5-7-8-9-10-11-12-13-14-16-18-26(30)36-24(21-33-25(29)17-15-6-4-2)22-35-37(31,32)34-20-23(28)19-27/h5,7,23-24,27-28H,3-4,6,8-22H2,1-2H3,(H,31,32)/b7-5-/t23-,24+/m0/s1. The van der Waals surface area contributed by atoms with Crippen molar-refractivity contribution in [3.8, 4) is 0 Å². The lowest BCUT2D eigenvalue weighted by atomic mass is 10.1. The van der Waals surface area contributed by atoms with E-state index in [4.69, 9.17) is 19.1 Å². The van der Waals surface area contributed by atoms with Gasteiger partial charge in [0.15, 0.2) is 6.10 Å². The number of aliphatic hydroxyl groups is 2. The van der Waals surface area contributed by atoms with E-state index in [-0.39, 0.29) is 19.4 Å². The van der Waals surface area contributed by atoms with E-state index in [1.807, 2.05) is 6.92 Å². The zero-order valence-electron chi connectivity index (χ0n) is 22.7. The number of ether oxygens (including phenoxy) is 2. The minimum Gasteiger partial charge on any atom is -0.462 e. The molecular formula is C26H49O10P. The SMILES string of the molecule is CC/C=C\CCCCCCCCCC(=O)O[C@H](COC(=O)CCCCC)COP(=O)(O)OC[C@@H](O)CO. The van der Waals surface area contributed by atoms with Crippen LogP contribution in [0.15, 0.2) is 12.2 Å². The number of phosphoric ester groups is 1. The normalized spacial score (nSPS) is 14.8. The van der Waals surface area contributed by atoms with E-state index < -0.39 is 51.8 Å². The van der Waals surface area contributed by atoms with Crippen LogP contribution in [0.3, 0.4) is 0 Å². The summed E-state index contributed by atoms with van der Waals surface area (Å²) in [6.45, 7) is 2.03. The zero-order chi connectivity index (χ0) is 27.8. The molecule has 0 aromatic heterocycles. The maximum atomic E-state index is 12.3. The fourth-order valence-corrected chi connectivity index (χ4v) is 4.08. The summed E-state index contributed by atoms with van der Waals surface area (Å²) < 4.78 is 31.9. The van der Waals surface area contributed by atoms with Gasteiger partial charge in [0.2, 0.25) is 0 Å². The lowest BCUT2D eigenvalue weighted by Gasteiger charge is -2.20. The first-order chi connectivity index (χ1) is 17.7. The third kappa shape index (κ3) is 23.6. The largest absolute Gasteiger partial charge is 0.472 e. The average Bonchev–Trinajstić information content (AvgIpc) is 2.87. The highest BCUT2D eigenvalue weighted by atomic mass is 31.2. The zero-order valence-corrected chi connectivity index (χ0v) is 23.6. The third-order valence-electron chi connectivity index (χ3n) is 5.43. The number of hydrogen-bond acceptors (Lipinski definition) is 9. The molecule has 0 radical (unpaired) electrons. The summed E-state index contributed by atoms with van der Waals surface area (Å²) in [6.07, 6.45) is 14.4. The molecule has 0 aromatic carbocycles. The number of esters is 2. The Hall–Kier alpha value is -1.29. The molecule has 0 aliphatic rings. The molecule has 0 saturated heterocycles. The molecule has 1 unspecified atom stereocenters. The van der Waals surface area contributed by atoms with E-state index in [9.17, 15) is 24.2 Å². The highest BCUT2D eigenvalue weighted by Gasteiger charge is 2.27. The molecule has 0 bridgehead atoms. The first kappa shape index (κ1) is 35.7. The molecule has 11 heteroatoms. The summed E-state index contributed by atoms with van der Waals surface area (Å²) in [6, 6.07) is 0. The van der Waals surface area contributed by atoms with Gasteiger partial charge in [-0.3, -0.25) is 18.6 Å². The summed E-state index contributed by atoms with van der Waals surface area (Å²) in [7, 11) is -4.58. The van der Waals surface area contributed by atoms with Crippen LogP contribution >= 0.6 is 7.82 Å². The number of carbonyl (C=O) groups is 2. The molecular weight excluding hydrogens is 503 g/mol. The molecule has 0 heterocycles. The summed E-state index contributed by atoms with van der Waals surface area (Å²) in [5, 5.41) is 18.0. The number of carbonyl (C=O) groups excluding carboxylic acids is 2. The molecule has 0 saturated carbocycles. The van der Waals surface area contributed by atoms with Crippen molar-refractivity contribution in [2.24, 2.45) is 0 Å². The Balaban J connectivity index is 4.42. The number of allylic oxidation sites excluding steroid dienone is 2. The summed E-state index contributed by atoms with van der Waals surface area (Å²) in [4.78, 5) is 34.0. The second kappa shape index (κ2) is 23.8. The molecule has 3 atom stereocenters. The van der Waals surface area contributed by atoms with E-state index in [0.29, 0.717) is 12.8 Å². The van der Waals surface area contributed by atoms with Crippen LogP contribution in [-0.4, -0.2) is 65.7 Å². The van der Waals surface area contributed by atoms with Gasteiger partial charge in [0.05, 0.1) is 19.8 Å². The molecule has 0 amide bonds. The van der Waals surface area contributed by atoms with Crippen molar-refractivity contribution in [2.45, 2.75) is 116 Å². The van der Waals surface area contributed by atoms with Gasteiger partial charge < -0.3 is 24.6 Å². The molecule has 0 spiro atoms. The molecule has 37 heavy (non-hydrogen) atoms. The summed E-state index contributed by atoms with van der Waals surface area (Å²) in [5.74, 6) is -0.965. The monoisotopic (exact) mass is 552 g/mol. The van der Waals surface area contributed by atoms with Crippen LogP contribution < -0.4 is 0 Å². The van der Waals surface area contributed by atoms with Gasteiger partial charge in [-0.1, -0.05) is 70.9 Å². The Morgan fingerprint density at radius 3 is 2.05 bits per heavy atom. The predicted molar refractivity (Wildman–Crippen MR) is 141 cm³/mol. The van der Waals surface area contributed by atoms with Crippen molar-refractivity contribution in [1.82, 2.24) is 0 Å². The van der Waals surface area contributed by atoms with Gasteiger partial charge in [0, 0.05) is 12.8 Å². The van der Waals surface area contributed by atoms with E-state index in [1.54, 1.807) is 0 Å². The van der Waals surface area contributed by atoms with E-state index in [2.05, 4.69) is 23.6 Å². The predicted octanol–water partition coefficient (Wildman–Crippen LogP) is 4.99. The minimum absolute atomic E-state index is 0.179. The van der Waals surface area contributed by atoms with Crippen LogP contribution in [0.5, 0.6) is 0 Å². The molecule has 0 rings (SSSR count). The van der Waals surface area contributed by atoms with Crippen molar-refractivity contribution < 1.29 is 47.8 Å². The first-order valence-electron chi connectivity index (χ1n) is 13.6. The third-order valence-corrected chi connectivity index (χ3v) is 6.38. The number of unbranched alkanes of at least 4 members (excludes halogenated alkanes) is 9. The van der Waals surface area contributed by atoms with Crippen LogP contribution in [0, 0.1) is 0 Å². The fourth-order valence-electron chi connectivity index (χ4n) is 3.29. The van der Waals surface area contributed by atoms with Gasteiger partial charge in [-0.05, 0) is 32.1 Å². The fraction of sp³-hybridized carbons (Fsp3) is 0.846. The van der Waals surface area contributed by atoms with Crippen LogP contribution in [0.2, 0.25) is 0 Å². The quantitative estimate of drug-likeness (QED) is 0.0612. The van der Waals surface area contributed by atoms with Crippen LogP contribution in [-0.2, 0) is 32.7 Å². The van der Waals surface area contributed by atoms with Gasteiger partial charge in [-0.2, -0.15) is 0 Å². The maximum absolute atomic E-state index is 12.3. The number of aliphatic hydroxyl groups excluding tert-OH is 2. The van der Waals surface area contributed by atoms with Gasteiger partial charge in [-0.15, -0.1) is 0 Å². The Bertz CT molecular complexity index is 655. The van der Waals surface area contributed by atoms with Gasteiger partial charge in [0.25, 0.3) is 0 Å². The average molecular weight is 553 g/mol. The highest BCUT2D eigenvalue weighted by Crippen LogP contribution is 2.43. The van der Waals surface area contributed by atoms with Crippen molar-refractivity contribution in [1.29, 1.82) is 0 Å². The lowest BCUT2D eigenvalue weighted by molar-refractivity contribution is -0.161. The van der Waals surface area contributed by atoms with E-state index >= 15 is 0 Å². The van der Waals surface area contributed by atoms with Crippen LogP contribution in [0.25, 0.3) is 0 Å². The summed E-state index contributed by atoms with van der Waals surface area (Å²) in [5.41, 5.74) is 0. The van der Waals surface area contributed by atoms with Gasteiger partial charge >= 0.3 is 19.8 Å². The molecule has 3 N–H and O–H groups in total. The Labute approximate surface area is 222 Å².